The monoisotopic (exact) mass is 355 g/mol. The van der Waals surface area contributed by atoms with Crippen LogP contribution in [0.5, 0.6) is 0 Å². The lowest BCUT2D eigenvalue weighted by Crippen LogP contribution is -2.03. The lowest BCUT2D eigenvalue weighted by molar-refractivity contribution is 0.438. The average Bonchev–Trinajstić information content (AvgIpc) is 2.66. The highest BCUT2D eigenvalue weighted by Gasteiger charge is 2.06. The van der Waals surface area contributed by atoms with E-state index in [2.05, 4.69) is 57.2 Å². The second-order valence-corrected chi connectivity index (χ2v) is 6.84. The fourth-order valence-electron chi connectivity index (χ4n) is 3.10. The number of hydrogen-bond acceptors (Lipinski definition) is 1. The molecule has 0 saturated carbocycles. The molecule has 0 amide bonds. The molecule has 0 unspecified atom stereocenters. The molecule has 0 aromatic heterocycles. The average molecular weight is 356 g/mol. The molecule has 1 rings (SSSR count). The minimum Gasteiger partial charge on any atom is -0.399 e. The van der Waals surface area contributed by atoms with Crippen molar-refractivity contribution in [3.05, 3.63) is 71.5 Å². The van der Waals surface area contributed by atoms with E-state index in [0.717, 1.165) is 24.5 Å². The van der Waals surface area contributed by atoms with Crippen molar-refractivity contribution >= 4 is 0 Å². The first-order valence-corrected chi connectivity index (χ1v) is 10.4. The van der Waals surface area contributed by atoms with Crippen molar-refractivity contribution in [1.82, 2.24) is 0 Å². The van der Waals surface area contributed by atoms with Crippen LogP contribution >= 0.6 is 0 Å². The smallest absolute Gasteiger partial charge is 0.0303 e. The zero-order valence-electron chi connectivity index (χ0n) is 17.8. The number of nitrogens with two attached hydrogens (primary N) is 1. The second-order valence-electron chi connectivity index (χ2n) is 6.84. The Bertz CT molecular complexity index is 516. The molecule has 146 valence electrons. The van der Waals surface area contributed by atoms with Crippen molar-refractivity contribution < 1.29 is 0 Å². The fourth-order valence-corrected chi connectivity index (χ4v) is 3.10. The summed E-state index contributed by atoms with van der Waals surface area (Å²) in [6.07, 6.45) is 16.9. The predicted octanol–water partition coefficient (Wildman–Crippen LogP) is 7.60. The third-order valence-electron chi connectivity index (χ3n) is 4.45. The minimum absolute atomic E-state index is 0.896. The quantitative estimate of drug-likeness (QED) is 0.430. The van der Waals surface area contributed by atoms with Crippen LogP contribution in [0.3, 0.4) is 0 Å². The molecular formula is C25H41N. The van der Waals surface area contributed by atoms with E-state index in [-0.39, 0.29) is 0 Å². The van der Waals surface area contributed by atoms with Gasteiger partial charge in [-0.25, -0.2) is 0 Å². The molecule has 26 heavy (non-hydrogen) atoms. The summed E-state index contributed by atoms with van der Waals surface area (Å²) in [7, 11) is 0. The summed E-state index contributed by atoms with van der Waals surface area (Å²) in [5.41, 5.74) is 9.43. The summed E-state index contributed by atoms with van der Waals surface area (Å²) in [4.78, 5) is 0. The van der Waals surface area contributed by atoms with Gasteiger partial charge in [-0.15, -0.1) is 0 Å². The molecule has 0 saturated heterocycles. The van der Waals surface area contributed by atoms with Crippen LogP contribution in [0.25, 0.3) is 0 Å². The third kappa shape index (κ3) is 11.7. The van der Waals surface area contributed by atoms with Crippen LogP contribution in [-0.2, 0) is 6.42 Å². The largest absolute Gasteiger partial charge is 0.399 e. The van der Waals surface area contributed by atoms with Gasteiger partial charge in [-0.3, -0.25) is 0 Å². The Balaban J connectivity index is 0.000000488. The highest BCUT2D eigenvalue weighted by molar-refractivity contribution is 5.30. The molecule has 0 fully saturated rings. The van der Waals surface area contributed by atoms with Crippen LogP contribution in [0.2, 0.25) is 0 Å². The molecule has 1 aromatic rings. The van der Waals surface area contributed by atoms with E-state index in [4.69, 9.17) is 5.73 Å². The number of rotatable bonds is 10. The van der Waals surface area contributed by atoms with E-state index in [1.54, 1.807) is 0 Å². The van der Waals surface area contributed by atoms with Crippen LogP contribution in [0.1, 0.15) is 78.7 Å². The maximum absolute atomic E-state index is 5.80. The first kappa shape index (κ1) is 24.2. The van der Waals surface area contributed by atoms with E-state index in [9.17, 15) is 0 Å². The van der Waals surface area contributed by atoms with Gasteiger partial charge in [-0.05, 0) is 43.7 Å². The lowest BCUT2D eigenvalue weighted by atomic mass is 9.91. The summed E-state index contributed by atoms with van der Waals surface area (Å²) in [5, 5.41) is 0. The predicted molar refractivity (Wildman–Crippen MR) is 119 cm³/mol. The zero-order valence-corrected chi connectivity index (χ0v) is 17.8. The van der Waals surface area contributed by atoms with Crippen molar-refractivity contribution in [3.63, 3.8) is 0 Å². The summed E-state index contributed by atoms with van der Waals surface area (Å²) >= 11 is 0. The number of benzene rings is 1. The summed E-state index contributed by atoms with van der Waals surface area (Å²) in [6, 6.07) is 10.9. The molecule has 2 N–H and O–H groups in total. The Morgan fingerprint density at radius 1 is 0.962 bits per heavy atom. The standard InChI is InChI=1S/C14H22.C11H19N/c1-3-8-13(9-4-2)12-14-10-6-5-7-11-14;1-4-7-9-10(8-5-2)11(12)6-3/h5-7,10-11,13H,3-4,8-9,12H2,1-2H3;4,6-7,9H,5,8,12H2,1-3H3/b;7-4-,10-9-,11-6+. The third-order valence-corrected chi connectivity index (χ3v) is 4.45. The van der Waals surface area contributed by atoms with Gasteiger partial charge in [0.2, 0.25) is 0 Å². The molecule has 0 aliphatic rings. The van der Waals surface area contributed by atoms with Crippen molar-refractivity contribution in [2.45, 2.75) is 79.6 Å². The molecular weight excluding hydrogens is 314 g/mol. The highest BCUT2D eigenvalue weighted by Crippen LogP contribution is 2.19. The molecule has 0 radical (unpaired) electrons. The summed E-state index contributed by atoms with van der Waals surface area (Å²) in [6.45, 7) is 10.7. The normalized spacial score (nSPS) is 12.4. The second kappa shape index (κ2) is 16.7. The molecule has 0 atom stereocenters. The Morgan fingerprint density at radius 2 is 1.58 bits per heavy atom. The van der Waals surface area contributed by atoms with Crippen LogP contribution in [0.4, 0.5) is 0 Å². The molecule has 0 heterocycles. The molecule has 0 aliphatic heterocycles. The highest BCUT2D eigenvalue weighted by atomic mass is 14.6. The Kier molecular flexibility index (Phi) is 15.6. The van der Waals surface area contributed by atoms with Gasteiger partial charge in [-0.2, -0.15) is 0 Å². The van der Waals surface area contributed by atoms with Gasteiger partial charge in [0.05, 0.1) is 0 Å². The topological polar surface area (TPSA) is 26.0 Å². The van der Waals surface area contributed by atoms with E-state index in [1.165, 1.54) is 43.2 Å². The molecule has 1 aromatic carbocycles. The van der Waals surface area contributed by atoms with Crippen molar-refractivity contribution in [2.24, 2.45) is 11.7 Å². The van der Waals surface area contributed by atoms with Crippen LogP contribution in [-0.4, -0.2) is 0 Å². The van der Waals surface area contributed by atoms with E-state index in [0.29, 0.717) is 0 Å². The van der Waals surface area contributed by atoms with Gasteiger partial charge in [0.25, 0.3) is 0 Å². The minimum atomic E-state index is 0.896. The molecule has 0 spiro atoms. The van der Waals surface area contributed by atoms with Crippen molar-refractivity contribution in [2.75, 3.05) is 0 Å². The number of allylic oxidation sites excluding steroid dienone is 5. The van der Waals surface area contributed by atoms with E-state index >= 15 is 0 Å². The SMILES string of the molecule is CCCC(CCC)Cc1ccccc1.C\C=C/C=C(CCC)\C(N)=C/C. The van der Waals surface area contributed by atoms with Crippen molar-refractivity contribution in [1.29, 1.82) is 0 Å². The van der Waals surface area contributed by atoms with Gasteiger partial charge < -0.3 is 5.73 Å². The first-order valence-electron chi connectivity index (χ1n) is 10.4. The van der Waals surface area contributed by atoms with Gasteiger partial charge in [0, 0.05) is 5.70 Å². The van der Waals surface area contributed by atoms with Crippen LogP contribution < -0.4 is 5.73 Å². The van der Waals surface area contributed by atoms with Gasteiger partial charge in [0.15, 0.2) is 0 Å². The Hall–Kier alpha value is -1.76. The van der Waals surface area contributed by atoms with Crippen LogP contribution in [0.15, 0.2) is 65.9 Å². The fraction of sp³-hybridized carbons (Fsp3) is 0.520. The Morgan fingerprint density at radius 3 is 2.04 bits per heavy atom. The Labute approximate surface area is 163 Å². The molecule has 1 nitrogen and oxygen atoms in total. The van der Waals surface area contributed by atoms with E-state index in [1.807, 2.05) is 32.1 Å². The maximum atomic E-state index is 5.80. The van der Waals surface area contributed by atoms with Gasteiger partial charge >= 0.3 is 0 Å². The van der Waals surface area contributed by atoms with Crippen LogP contribution in [0, 0.1) is 5.92 Å². The maximum Gasteiger partial charge on any atom is 0.0303 e. The molecule has 0 aliphatic carbocycles. The number of hydrogen-bond donors (Lipinski definition) is 1. The van der Waals surface area contributed by atoms with E-state index < -0.39 is 0 Å². The summed E-state index contributed by atoms with van der Waals surface area (Å²) in [5.74, 6) is 0.896. The zero-order chi connectivity index (χ0) is 19.6. The lowest BCUT2D eigenvalue weighted by Gasteiger charge is -2.14. The summed E-state index contributed by atoms with van der Waals surface area (Å²) < 4.78 is 0. The first-order chi connectivity index (χ1) is 12.6. The van der Waals surface area contributed by atoms with Gasteiger partial charge in [0.1, 0.15) is 0 Å². The molecule has 0 bridgehead atoms. The van der Waals surface area contributed by atoms with Crippen molar-refractivity contribution in [3.8, 4) is 0 Å². The molecule has 1 heteroatoms. The van der Waals surface area contributed by atoms with Gasteiger partial charge in [-0.1, -0.05) is 108 Å².